The number of alkyl carbamates (subject to hydrolysis) is 1. The second kappa shape index (κ2) is 10.4. The SMILES string of the molecule is CN(CCN)c1c(OC2CCC(NC(=O)OC(C)(C)C)CC2)ccc2c1CC(C)(C)c1c(N)ncnc1-2. The van der Waals surface area contributed by atoms with E-state index in [1.54, 1.807) is 0 Å². The normalized spacial score (nSPS) is 20.4. The van der Waals surface area contributed by atoms with Gasteiger partial charge in [-0.15, -0.1) is 0 Å². The number of ether oxygens (including phenoxy) is 2. The van der Waals surface area contributed by atoms with Gasteiger partial charge >= 0.3 is 6.09 Å². The van der Waals surface area contributed by atoms with Gasteiger partial charge in [0, 0.05) is 37.3 Å². The average Bonchev–Trinajstić information content (AvgIpc) is 2.78. The fraction of sp³-hybridized carbons (Fsp3) is 0.607. The van der Waals surface area contributed by atoms with Crippen molar-refractivity contribution in [1.82, 2.24) is 15.3 Å². The van der Waals surface area contributed by atoms with Crippen LogP contribution in [-0.4, -0.2) is 53.9 Å². The molecule has 0 radical (unpaired) electrons. The summed E-state index contributed by atoms with van der Waals surface area (Å²) in [6, 6.07) is 4.24. The smallest absolute Gasteiger partial charge is 0.407 e. The molecule has 2 aliphatic rings. The van der Waals surface area contributed by atoms with E-state index in [2.05, 4.69) is 47.1 Å². The van der Waals surface area contributed by atoms with Crippen LogP contribution in [0.25, 0.3) is 11.3 Å². The molecule has 2 aromatic rings. The van der Waals surface area contributed by atoms with Gasteiger partial charge in [-0.25, -0.2) is 14.8 Å². The van der Waals surface area contributed by atoms with Crippen molar-refractivity contribution in [2.75, 3.05) is 30.8 Å². The number of carbonyl (C=O) groups excluding carboxylic acids is 1. The molecule has 5 N–H and O–H groups in total. The fourth-order valence-electron chi connectivity index (χ4n) is 5.61. The summed E-state index contributed by atoms with van der Waals surface area (Å²) in [4.78, 5) is 23.3. The Hall–Kier alpha value is -3.07. The molecular weight excluding hydrogens is 468 g/mol. The first-order valence-electron chi connectivity index (χ1n) is 13.2. The predicted molar refractivity (Wildman–Crippen MR) is 147 cm³/mol. The topological polar surface area (TPSA) is 129 Å². The number of aromatic nitrogens is 2. The van der Waals surface area contributed by atoms with Crippen molar-refractivity contribution in [3.63, 3.8) is 0 Å². The molecule has 9 heteroatoms. The summed E-state index contributed by atoms with van der Waals surface area (Å²) in [6.07, 6.45) is 5.45. The zero-order chi connectivity index (χ0) is 27.0. The highest BCUT2D eigenvalue weighted by atomic mass is 16.6. The molecule has 37 heavy (non-hydrogen) atoms. The molecule has 0 unspecified atom stereocenters. The van der Waals surface area contributed by atoms with E-state index in [4.69, 9.17) is 20.9 Å². The van der Waals surface area contributed by atoms with Crippen molar-refractivity contribution in [3.05, 3.63) is 29.6 Å². The number of likely N-dealkylation sites (N-methyl/N-ethyl adjacent to an activating group) is 1. The number of hydrogen-bond acceptors (Lipinski definition) is 8. The minimum Gasteiger partial charge on any atom is -0.488 e. The van der Waals surface area contributed by atoms with Crippen LogP contribution < -0.4 is 26.4 Å². The van der Waals surface area contributed by atoms with Crippen LogP contribution in [0.3, 0.4) is 0 Å². The zero-order valence-corrected chi connectivity index (χ0v) is 23.1. The van der Waals surface area contributed by atoms with Crippen LogP contribution in [0.15, 0.2) is 18.5 Å². The highest BCUT2D eigenvalue weighted by molar-refractivity contribution is 5.83. The van der Waals surface area contributed by atoms with E-state index >= 15 is 0 Å². The minimum atomic E-state index is -0.504. The van der Waals surface area contributed by atoms with Gasteiger partial charge in [-0.3, -0.25) is 0 Å². The molecule has 4 rings (SSSR count). The maximum Gasteiger partial charge on any atom is 0.407 e. The number of amides is 1. The molecule has 1 fully saturated rings. The number of nitrogens with one attached hydrogen (secondary N) is 1. The van der Waals surface area contributed by atoms with E-state index in [9.17, 15) is 4.79 Å². The van der Waals surface area contributed by atoms with Crippen molar-refractivity contribution >= 4 is 17.6 Å². The van der Waals surface area contributed by atoms with Crippen LogP contribution in [0.2, 0.25) is 0 Å². The largest absolute Gasteiger partial charge is 0.488 e. The van der Waals surface area contributed by atoms with Crippen LogP contribution in [0.1, 0.15) is 71.4 Å². The first-order chi connectivity index (χ1) is 17.4. The number of fused-ring (bicyclic) bond motifs is 3. The predicted octanol–water partition coefficient (Wildman–Crippen LogP) is 4.17. The van der Waals surface area contributed by atoms with Gasteiger partial charge in [-0.1, -0.05) is 13.8 Å². The van der Waals surface area contributed by atoms with Gasteiger partial charge in [0.05, 0.1) is 17.5 Å². The number of nitrogens with zero attached hydrogens (tertiary/aromatic N) is 3. The van der Waals surface area contributed by atoms with E-state index in [1.165, 1.54) is 11.9 Å². The van der Waals surface area contributed by atoms with Crippen molar-refractivity contribution < 1.29 is 14.3 Å². The molecule has 2 aliphatic carbocycles. The zero-order valence-electron chi connectivity index (χ0n) is 23.1. The Kier molecular flexibility index (Phi) is 7.55. The van der Waals surface area contributed by atoms with Crippen LogP contribution in [0.5, 0.6) is 5.75 Å². The number of carbonyl (C=O) groups is 1. The molecular formula is C28H42N6O3. The molecule has 202 valence electrons. The lowest BCUT2D eigenvalue weighted by Crippen LogP contribution is -2.42. The number of benzene rings is 1. The third-order valence-electron chi connectivity index (χ3n) is 7.21. The lowest BCUT2D eigenvalue weighted by atomic mass is 9.71. The van der Waals surface area contributed by atoms with Crippen molar-refractivity contribution in [2.45, 2.75) is 89.9 Å². The summed E-state index contributed by atoms with van der Waals surface area (Å²) in [7, 11) is 2.06. The Labute approximate surface area is 220 Å². The molecule has 0 aliphatic heterocycles. The van der Waals surface area contributed by atoms with E-state index in [-0.39, 0.29) is 23.7 Å². The van der Waals surface area contributed by atoms with E-state index < -0.39 is 5.60 Å². The minimum absolute atomic E-state index is 0.0709. The Bertz CT molecular complexity index is 1140. The molecule has 1 aromatic heterocycles. The van der Waals surface area contributed by atoms with Crippen molar-refractivity contribution in [1.29, 1.82) is 0 Å². The van der Waals surface area contributed by atoms with Crippen molar-refractivity contribution in [2.24, 2.45) is 5.73 Å². The molecule has 0 atom stereocenters. The number of nitrogen functional groups attached to an aromatic ring is 1. The van der Waals surface area contributed by atoms with E-state index in [1.807, 2.05) is 26.8 Å². The number of rotatable bonds is 6. The lowest BCUT2D eigenvalue weighted by Gasteiger charge is -2.37. The first kappa shape index (κ1) is 27.0. The third-order valence-corrected chi connectivity index (χ3v) is 7.21. The van der Waals surface area contributed by atoms with Gasteiger partial charge < -0.3 is 31.2 Å². The Balaban J connectivity index is 1.57. The number of anilines is 2. The van der Waals surface area contributed by atoms with Gasteiger partial charge in [-0.2, -0.15) is 0 Å². The highest BCUT2D eigenvalue weighted by Gasteiger charge is 2.37. The Morgan fingerprint density at radius 2 is 1.89 bits per heavy atom. The van der Waals surface area contributed by atoms with Crippen LogP contribution >= 0.6 is 0 Å². The van der Waals surface area contributed by atoms with Gasteiger partial charge in [0.2, 0.25) is 0 Å². The summed E-state index contributed by atoms with van der Waals surface area (Å²) < 4.78 is 12.1. The second-order valence-electron chi connectivity index (χ2n) is 11.9. The molecule has 1 heterocycles. The highest BCUT2D eigenvalue weighted by Crippen LogP contribution is 2.49. The van der Waals surface area contributed by atoms with E-state index in [0.29, 0.717) is 18.9 Å². The summed E-state index contributed by atoms with van der Waals surface area (Å²) in [5.74, 6) is 1.40. The molecule has 9 nitrogen and oxygen atoms in total. The van der Waals surface area contributed by atoms with Crippen LogP contribution in [0.4, 0.5) is 16.3 Å². The number of hydrogen-bond donors (Lipinski definition) is 3. The first-order valence-corrected chi connectivity index (χ1v) is 13.2. The maximum absolute atomic E-state index is 12.2. The maximum atomic E-state index is 12.2. The van der Waals surface area contributed by atoms with Gasteiger partial charge in [0.25, 0.3) is 0 Å². The summed E-state index contributed by atoms with van der Waals surface area (Å²) in [5.41, 5.74) is 16.8. The molecule has 0 bridgehead atoms. The van der Waals surface area contributed by atoms with Gasteiger partial charge in [0.1, 0.15) is 23.5 Å². The summed E-state index contributed by atoms with van der Waals surface area (Å²) in [6.45, 7) is 11.2. The Morgan fingerprint density at radius 3 is 2.54 bits per heavy atom. The standard InChI is InChI=1S/C28H42N6O3/c1-27(2,3)37-26(35)33-17-7-9-18(10-8-17)36-21-12-11-19-20(24(21)34(6)14-13-29)15-28(4,5)22-23(19)31-16-32-25(22)30/h11-12,16-18H,7-10,13-15,29H2,1-6H3,(H,33,35)(H2,30,31,32). The Morgan fingerprint density at radius 1 is 1.19 bits per heavy atom. The number of nitrogens with two attached hydrogens (primary N) is 2. The average molecular weight is 511 g/mol. The van der Waals surface area contributed by atoms with Gasteiger partial charge in [0.15, 0.2) is 0 Å². The molecule has 1 aromatic carbocycles. The lowest BCUT2D eigenvalue weighted by molar-refractivity contribution is 0.0471. The fourth-order valence-corrected chi connectivity index (χ4v) is 5.61. The van der Waals surface area contributed by atoms with Crippen LogP contribution in [0, 0.1) is 0 Å². The quantitative estimate of drug-likeness (QED) is 0.528. The van der Waals surface area contributed by atoms with Gasteiger partial charge in [-0.05, 0) is 76.0 Å². The van der Waals surface area contributed by atoms with Crippen molar-refractivity contribution in [3.8, 4) is 17.0 Å². The molecule has 0 saturated heterocycles. The molecule has 0 spiro atoms. The van der Waals surface area contributed by atoms with E-state index in [0.717, 1.165) is 60.4 Å². The second-order valence-corrected chi connectivity index (χ2v) is 11.9. The summed E-state index contributed by atoms with van der Waals surface area (Å²) in [5, 5.41) is 3.01. The van der Waals surface area contributed by atoms with Crippen LogP contribution in [-0.2, 0) is 16.6 Å². The third kappa shape index (κ3) is 5.92. The monoisotopic (exact) mass is 510 g/mol. The summed E-state index contributed by atoms with van der Waals surface area (Å²) >= 11 is 0. The molecule has 1 amide bonds. The molecule has 1 saturated carbocycles.